The van der Waals surface area contributed by atoms with Gasteiger partial charge in [0, 0.05) is 5.56 Å². The Balaban J connectivity index is 2.48. The summed E-state index contributed by atoms with van der Waals surface area (Å²) in [6, 6.07) is 7.59. The lowest BCUT2D eigenvalue weighted by atomic mass is 10.1. The number of aromatic nitrogens is 1. The van der Waals surface area contributed by atoms with Gasteiger partial charge in [-0.05, 0) is 36.8 Å². The molecule has 0 unspecified atom stereocenters. The van der Waals surface area contributed by atoms with Gasteiger partial charge in [-0.3, -0.25) is 4.98 Å². The molecule has 0 aliphatic rings. The van der Waals surface area contributed by atoms with Gasteiger partial charge in [0.15, 0.2) is 11.6 Å². The van der Waals surface area contributed by atoms with Gasteiger partial charge in [-0.15, -0.1) is 0 Å². The van der Waals surface area contributed by atoms with Gasteiger partial charge in [-0.25, -0.2) is 9.18 Å². The number of aryl methyl sites for hydroxylation is 1. The van der Waals surface area contributed by atoms with E-state index in [9.17, 15) is 9.18 Å². The van der Waals surface area contributed by atoms with Gasteiger partial charge in [0.2, 0.25) is 0 Å². The number of nitrogens with zero attached hydrogens (tertiary/aromatic N) is 1. The smallest absolute Gasteiger partial charge is 0.337 e. The van der Waals surface area contributed by atoms with E-state index in [2.05, 4.69) is 4.98 Å². The quantitative estimate of drug-likeness (QED) is 0.931. The van der Waals surface area contributed by atoms with Gasteiger partial charge >= 0.3 is 5.97 Å². The van der Waals surface area contributed by atoms with Crippen molar-refractivity contribution in [3.8, 4) is 17.0 Å². The molecule has 0 radical (unpaired) electrons. The molecule has 1 aromatic heterocycles. The average molecular weight is 275 g/mol. The summed E-state index contributed by atoms with van der Waals surface area (Å²) in [6.07, 6.45) is 0.494. The Labute approximate surface area is 115 Å². The fraction of sp³-hybridized carbons (Fsp3) is 0.200. The van der Waals surface area contributed by atoms with Gasteiger partial charge in [0.1, 0.15) is 0 Å². The van der Waals surface area contributed by atoms with Crippen LogP contribution in [0.4, 0.5) is 4.39 Å². The largest absolute Gasteiger partial charge is 0.494 e. The Hall–Kier alpha value is -2.43. The lowest BCUT2D eigenvalue weighted by molar-refractivity contribution is 0.0695. The lowest BCUT2D eigenvalue weighted by Gasteiger charge is -2.08. The summed E-state index contributed by atoms with van der Waals surface area (Å²) in [6.45, 7) is 1.83. The number of methoxy groups -OCH3 is 1. The number of hydrogen-bond acceptors (Lipinski definition) is 3. The molecule has 2 aromatic rings. The fourth-order valence-electron chi connectivity index (χ4n) is 1.95. The third kappa shape index (κ3) is 2.61. The van der Waals surface area contributed by atoms with Crippen LogP contribution in [-0.4, -0.2) is 23.2 Å². The Bertz CT molecular complexity index is 656. The summed E-state index contributed by atoms with van der Waals surface area (Å²) in [4.78, 5) is 15.3. The Morgan fingerprint density at radius 1 is 1.35 bits per heavy atom. The highest BCUT2D eigenvalue weighted by Gasteiger charge is 2.12. The number of hydrogen-bond donors (Lipinski definition) is 1. The van der Waals surface area contributed by atoms with Crippen molar-refractivity contribution in [3.05, 3.63) is 47.4 Å². The van der Waals surface area contributed by atoms with Crippen molar-refractivity contribution in [2.75, 3.05) is 7.11 Å². The van der Waals surface area contributed by atoms with E-state index in [1.54, 1.807) is 12.1 Å². The molecule has 0 saturated heterocycles. The fourth-order valence-corrected chi connectivity index (χ4v) is 1.95. The van der Waals surface area contributed by atoms with Crippen LogP contribution in [-0.2, 0) is 6.42 Å². The number of halogens is 1. The molecule has 1 heterocycles. The first-order valence-electron chi connectivity index (χ1n) is 6.14. The van der Waals surface area contributed by atoms with Crippen molar-refractivity contribution in [1.82, 2.24) is 4.98 Å². The van der Waals surface area contributed by atoms with Crippen LogP contribution in [0.25, 0.3) is 11.3 Å². The zero-order valence-corrected chi connectivity index (χ0v) is 11.2. The van der Waals surface area contributed by atoms with Crippen LogP contribution in [0.5, 0.6) is 5.75 Å². The SMILES string of the molecule is CCc1nc(-c2ccc(OC)c(F)c2)ccc1C(=O)O. The van der Waals surface area contributed by atoms with Crippen LogP contribution in [0, 0.1) is 5.82 Å². The summed E-state index contributed by atoms with van der Waals surface area (Å²) in [5, 5.41) is 9.05. The van der Waals surface area contributed by atoms with E-state index in [1.807, 2.05) is 6.92 Å². The highest BCUT2D eigenvalue weighted by Crippen LogP contribution is 2.25. The van der Waals surface area contributed by atoms with E-state index in [0.717, 1.165) is 0 Å². The van der Waals surface area contributed by atoms with Crippen LogP contribution < -0.4 is 4.74 Å². The van der Waals surface area contributed by atoms with E-state index in [4.69, 9.17) is 9.84 Å². The predicted octanol–water partition coefficient (Wildman–Crippen LogP) is 3.16. The molecule has 0 saturated carbocycles. The maximum atomic E-state index is 13.7. The van der Waals surface area contributed by atoms with Crippen LogP contribution in [0.15, 0.2) is 30.3 Å². The molecule has 0 fully saturated rings. The number of aromatic carboxylic acids is 1. The summed E-state index contributed by atoms with van der Waals surface area (Å²) in [5.41, 5.74) is 1.76. The summed E-state index contributed by atoms with van der Waals surface area (Å²) >= 11 is 0. The van der Waals surface area contributed by atoms with Gasteiger partial charge in [0.05, 0.1) is 24.1 Å². The molecule has 20 heavy (non-hydrogen) atoms. The van der Waals surface area contributed by atoms with E-state index in [0.29, 0.717) is 23.4 Å². The van der Waals surface area contributed by atoms with Crippen molar-refractivity contribution in [1.29, 1.82) is 0 Å². The first-order chi connectivity index (χ1) is 9.56. The Kier molecular flexibility index (Phi) is 3.98. The van der Waals surface area contributed by atoms with Crippen LogP contribution >= 0.6 is 0 Å². The summed E-state index contributed by atoms with van der Waals surface area (Å²) < 4.78 is 18.5. The van der Waals surface area contributed by atoms with E-state index >= 15 is 0 Å². The summed E-state index contributed by atoms with van der Waals surface area (Å²) in [5.74, 6) is -1.33. The first kappa shape index (κ1) is 14.0. The molecule has 0 amide bonds. The minimum Gasteiger partial charge on any atom is -0.494 e. The molecule has 5 heteroatoms. The number of rotatable bonds is 4. The second kappa shape index (κ2) is 5.69. The zero-order valence-electron chi connectivity index (χ0n) is 11.2. The predicted molar refractivity (Wildman–Crippen MR) is 72.5 cm³/mol. The van der Waals surface area contributed by atoms with Crippen molar-refractivity contribution >= 4 is 5.97 Å². The third-order valence-electron chi connectivity index (χ3n) is 2.99. The monoisotopic (exact) mass is 275 g/mol. The van der Waals surface area contributed by atoms with E-state index < -0.39 is 11.8 Å². The van der Waals surface area contributed by atoms with E-state index in [1.165, 1.54) is 25.3 Å². The molecular weight excluding hydrogens is 261 g/mol. The Morgan fingerprint density at radius 3 is 2.65 bits per heavy atom. The molecule has 4 nitrogen and oxygen atoms in total. The first-order valence-corrected chi connectivity index (χ1v) is 6.14. The second-order valence-corrected chi connectivity index (χ2v) is 4.20. The van der Waals surface area contributed by atoms with Gasteiger partial charge < -0.3 is 9.84 Å². The highest BCUT2D eigenvalue weighted by molar-refractivity contribution is 5.89. The minimum absolute atomic E-state index is 0.159. The number of ether oxygens (including phenoxy) is 1. The van der Waals surface area contributed by atoms with Gasteiger partial charge in [-0.1, -0.05) is 6.92 Å². The maximum absolute atomic E-state index is 13.7. The topological polar surface area (TPSA) is 59.4 Å². The molecule has 0 bridgehead atoms. The van der Waals surface area contributed by atoms with Crippen molar-refractivity contribution in [3.63, 3.8) is 0 Å². The molecule has 0 spiro atoms. The molecule has 0 aliphatic heterocycles. The van der Waals surface area contributed by atoms with Crippen molar-refractivity contribution < 1.29 is 19.0 Å². The molecular formula is C15H14FNO3. The normalized spacial score (nSPS) is 10.3. The van der Waals surface area contributed by atoms with Gasteiger partial charge in [-0.2, -0.15) is 0 Å². The number of benzene rings is 1. The zero-order chi connectivity index (χ0) is 14.7. The number of carboxylic acid groups (broad SMARTS) is 1. The Morgan fingerprint density at radius 2 is 2.10 bits per heavy atom. The van der Waals surface area contributed by atoms with Crippen molar-refractivity contribution in [2.45, 2.75) is 13.3 Å². The van der Waals surface area contributed by atoms with Crippen LogP contribution in [0.2, 0.25) is 0 Å². The molecule has 0 aliphatic carbocycles. The summed E-state index contributed by atoms with van der Waals surface area (Å²) in [7, 11) is 1.40. The average Bonchev–Trinajstić information content (AvgIpc) is 2.46. The maximum Gasteiger partial charge on any atom is 0.337 e. The highest BCUT2D eigenvalue weighted by atomic mass is 19.1. The van der Waals surface area contributed by atoms with Crippen LogP contribution in [0.3, 0.4) is 0 Å². The third-order valence-corrected chi connectivity index (χ3v) is 2.99. The van der Waals surface area contributed by atoms with Gasteiger partial charge in [0.25, 0.3) is 0 Å². The minimum atomic E-state index is -1.01. The van der Waals surface area contributed by atoms with Crippen molar-refractivity contribution in [2.24, 2.45) is 0 Å². The lowest BCUT2D eigenvalue weighted by Crippen LogP contribution is -2.04. The molecule has 0 atom stereocenters. The molecule has 1 N–H and O–H groups in total. The second-order valence-electron chi connectivity index (χ2n) is 4.20. The van der Waals surface area contributed by atoms with Crippen LogP contribution in [0.1, 0.15) is 23.0 Å². The molecule has 2 rings (SSSR count). The standard InChI is InChI=1S/C15H14FNO3/c1-3-12-10(15(18)19)5-6-13(17-12)9-4-7-14(20-2)11(16)8-9/h4-8H,3H2,1-2H3,(H,18,19). The van der Waals surface area contributed by atoms with E-state index in [-0.39, 0.29) is 11.3 Å². The number of carboxylic acids is 1. The number of pyridine rings is 1. The number of carbonyl (C=O) groups is 1. The molecule has 1 aromatic carbocycles. The molecule has 104 valence electrons.